The van der Waals surface area contributed by atoms with Crippen molar-refractivity contribution in [3.63, 3.8) is 0 Å². The Morgan fingerprint density at radius 2 is 1.93 bits per heavy atom. The van der Waals surface area contributed by atoms with Crippen LogP contribution in [0.5, 0.6) is 0 Å². The second-order valence-corrected chi connectivity index (χ2v) is 6.80. The van der Waals surface area contributed by atoms with Crippen LogP contribution < -0.4 is 5.32 Å². The molecule has 2 aromatic heterocycles. The molecule has 1 amide bonds. The van der Waals surface area contributed by atoms with E-state index in [2.05, 4.69) is 22.4 Å². The fourth-order valence-electron chi connectivity index (χ4n) is 3.21. The monoisotopic (exact) mass is 390 g/mol. The molecule has 7 nitrogen and oxygen atoms in total. The highest BCUT2D eigenvalue weighted by Crippen LogP contribution is 2.20. The van der Waals surface area contributed by atoms with E-state index >= 15 is 0 Å². The highest BCUT2D eigenvalue weighted by molar-refractivity contribution is 5.95. The van der Waals surface area contributed by atoms with E-state index in [1.807, 2.05) is 47.4 Å². The van der Waals surface area contributed by atoms with Crippen LogP contribution in [0, 0.1) is 0 Å². The topological polar surface area (TPSA) is 84.4 Å². The number of carbonyl (C=O) groups is 1. The zero-order valence-corrected chi connectivity index (χ0v) is 16.2. The summed E-state index contributed by atoms with van der Waals surface area (Å²) in [5.41, 5.74) is 0.781. The number of nitrogens with zero attached hydrogens (tertiary/aromatic N) is 3. The maximum Gasteiger partial charge on any atom is 0.283 e. The van der Waals surface area contributed by atoms with E-state index in [0.717, 1.165) is 29.4 Å². The predicted octanol–water partition coefficient (Wildman–Crippen LogP) is 4.33. The smallest absolute Gasteiger partial charge is 0.283 e. The van der Waals surface area contributed by atoms with Crippen molar-refractivity contribution in [2.45, 2.75) is 19.9 Å². The summed E-state index contributed by atoms with van der Waals surface area (Å²) in [5.74, 6) is 1.23. The zero-order chi connectivity index (χ0) is 20.1. The highest BCUT2D eigenvalue weighted by atomic mass is 16.4. The first-order chi connectivity index (χ1) is 14.2. The Kier molecular flexibility index (Phi) is 5.67. The number of benzene rings is 2. The van der Waals surface area contributed by atoms with Crippen molar-refractivity contribution in [1.29, 1.82) is 0 Å². The molecule has 0 spiro atoms. The lowest BCUT2D eigenvalue weighted by molar-refractivity contribution is -0.117. The Morgan fingerprint density at radius 1 is 1.07 bits per heavy atom. The van der Waals surface area contributed by atoms with Gasteiger partial charge in [0.2, 0.25) is 11.8 Å². The average molecular weight is 390 g/mol. The van der Waals surface area contributed by atoms with Gasteiger partial charge in [-0.3, -0.25) is 9.69 Å². The first-order valence-corrected chi connectivity index (χ1v) is 9.58. The van der Waals surface area contributed by atoms with Gasteiger partial charge in [0, 0.05) is 5.69 Å². The Labute approximate surface area is 168 Å². The van der Waals surface area contributed by atoms with E-state index in [9.17, 15) is 4.79 Å². The summed E-state index contributed by atoms with van der Waals surface area (Å²) in [7, 11) is 0. The summed E-state index contributed by atoms with van der Waals surface area (Å²) in [4.78, 5) is 14.6. The molecular weight excluding hydrogens is 368 g/mol. The molecule has 7 heteroatoms. The third-order valence-electron chi connectivity index (χ3n) is 4.50. The van der Waals surface area contributed by atoms with Gasteiger partial charge in [-0.2, -0.15) is 0 Å². The second kappa shape index (κ2) is 8.70. The molecule has 2 aromatic carbocycles. The van der Waals surface area contributed by atoms with Gasteiger partial charge in [0.25, 0.3) is 5.89 Å². The van der Waals surface area contributed by atoms with Crippen LogP contribution in [0.3, 0.4) is 0 Å². The molecule has 4 rings (SSSR count). The van der Waals surface area contributed by atoms with Crippen LogP contribution in [-0.2, 0) is 11.3 Å². The largest absolute Gasteiger partial charge is 0.459 e. The third kappa shape index (κ3) is 4.70. The summed E-state index contributed by atoms with van der Waals surface area (Å²) in [5, 5.41) is 13.3. The van der Waals surface area contributed by atoms with Crippen LogP contribution in [0.2, 0.25) is 0 Å². The van der Waals surface area contributed by atoms with Gasteiger partial charge in [-0.15, -0.1) is 10.2 Å². The number of furan rings is 1. The van der Waals surface area contributed by atoms with Crippen LogP contribution in [0.1, 0.15) is 19.2 Å². The predicted molar refractivity (Wildman–Crippen MR) is 110 cm³/mol. The lowest BCUT2D eigenvalue weighted by atomic mass is 10.1. The van der Waals surface area contributed by atoms with E-state index in [4.69, 9.17) is 8.83 Å². The number of nitrogens with one attached hydrogen (secondary N) is 1. The molecule has 0 aliphatic heterocycles. The molecule has 29 heavy (non-hydrogen) atoms. The minimum absolute atomic E-state index is 0.0838. The Bertz CT molecular complexity index is 1090. The summed E-state index contributed by atoms with van der Waals surface area (Å²) in [6.07, 6.45) is 2.46. The van der Waals surface area contributed by atoms with Crippen molar-refractivity contribution in [2.24, 2.45) is 0 Å². The SMILES string of the molecule is CCCN(CC(=O)Nc1ccc2ccccc2c1)Cc1nnc(-c2ccco2)o1. The standard InChI is InChI=1S/C22H22N4O3/c1-2-11-26(15-21-24-25-22(29-21)19-8-5-12-28-19)14-20(27)23-18-10-9-16-6-3-4-7-17(16)13-18/h3-10,12-13H,2,11,14-15H2,1H3,(H,23,27). The average Bonchev–Trinajstić information content (AvgIpc) is 3.40. The molecule has 1 N–H and O–H groups in total. The zero-order valence-electron chi connectivity index (χ0n) is 16.2. The third-order valence-corrected chi connectivity index (χ3v) is 4.50. The summed E-state index contributed by atoms with van der Waals surface area (Å²) >= 11 is 0. The van der Waals surface area contributed by atoms with Crippen molar-refractivity contribution in [3.05, 3.63) is 66.8 Å². The second-order valence-electron chi connectivity index (χ2n) is 6.80. The molecular formula is C22H22N4O3. The number of aromatic nitrogens is 2. The molecule has 0 atom stereocenters. The minimum atomic E-state index is -0.0838. The van der Waals surface area contributed by atoms with Gasteiger partial charge in [-0.05, 0) is 48.0 Å². The maximum atomic E-state index is 12.6. The molecule has 0 aliphatic rings. The van der Waals surface area contributed by atoms with Crippen molar-refractivity contribution >= 4 is 22.4 Å². The van der Waals surface area contributed by atoms with Crippen LogP contribution in [0.25, 0.3) is 22.4 Å². The van der Waals surface area contributed by atoms with Gasteiger partial charge in [0.05, 0.1) is 19.4 Å². The van der Waals surface area contributed by atoms with Gasteiger partial charge in [0.15, 0.2) is 5.76 Å². The first kappa shape index (κ1) is 18.9. The van der Waals surface area contributed by atoms with Gasteiger partial charge >= 0.3 is 0 Å². The summed E-state index contributed by atoms with van der Waals surface area (Å²) in [6.45, 7) is 3.44. The van der Waals surface area contributed by atoms with Gasteiger partial charge in [-0.25, -0.2) is 0 Å². The van der Waals surface area contributed by atoms with Crippen molar-refractivity contribution in [2.75, 3.05) is 18.4 Å². The number of fused-ring (bicyclic) bond motifs is 1. The van der Waals surface area contributed by atoms with Crippen LogP contribution in [0.4, 0.5) is 5.69 Å². The van der Waals surface area contributed by atoms with Crippen molar-refractivity contribution < 1.29 is 13.6 Å². The maximum absolute atomic E-state index is 12.6. The minimum Gasteiger partial charge on any atom is -0.459 e. The molecule has 0 saturated heterocycles. The van der Waals surface area contributed by atoms with E-state index in [-0.39, 0.29) is 12.5 Å². The molecule has 0 bridgehead atoms. The normalized spacial score (nSPS) is 11.2. The van der Waals surface area contributed by atoms with Crippen molar-refractivity contribution in [3.8, 4) is 11.7 Å². The van der Waals surface area contributed by atoms with Gasteiger partial charge in [-0.1, -0.05) is 37.3 Å². The lowest BCUT2D eigenvalue weighted by Gasteiger charge is -2.19. The Balaban J connectivity index is 1.40. The van der Waals surface area contributed by atoms with Crippen LogP contribution in [-0.4, -0.2) is 34.1 Å². The van der Waals surface area contributed by atoms with E-state index in [1.165, 1.54) is 0 Å². The van der Waals surface area contributed by atoms with Crippen LogP contribution >= 0.6 is 0 Å². The Morgan fingerprint density at radius 3 is 2.72 bits per heavy atom. The molecule has 0 unspecified atom stereocenters. The number of hydrogen-bond acceptors (Lipinski definition) is 6. The Hall–Kier alpha value is -3.45. The lowest BCUT2D eigenvalue weighted by Crippen LogP contribution is -2.33. The molecule has 2 heterocycles. The van der Waals surface area contributed by atoms with Gasteiger partial charge in [0.1, 0.15) is 0 Å². The van der Waals surface area contributed by atoms with E-state index in [0.29, 0.717) is 24.1 Å². The molecule has 0 aliphatic carbocycles. The van der Waals surface area contributed by atoms with Crippen molar-refractivity contribution in [1.82, 2.24) is 15.1 Å². The number of anilines is 1. The molecule has 148 valence electrons. The van der Waals surface area contributed by atoms with Crippen LogP contribution in [0.15, 0.2) is 69.7 Å². The summed E-state index contributed by atoms with van der Waals surface area (Å²) in [6, 6.07) is 17.5. The fraction of sp³-hybridized carbons (Fsp3) is 0.227. The number of carbonyl (C=O) groups excluding carboxylic acids is 1. The number of hydrogen-bond donors (Lipinski definition) is 1. The molecule has 0 radical (unpaired) electrons. The molecule has 0 fully saturated rings. The number of rotatable bonds is 8. The number of amides is 1. The van der Waals surface area contributed by atoms with Gasteiger partial charge < -0.3 is 14.2 Å². The quantitative estimate of drug-likeness (QED) is 0.482. The van der Waals surface area contributed by atoms with E-state index < -0.39 is 0 Å². The molecule has 4 aromatic rings. The first-order valence-electron chi connectivity index (χ1n) is 9.58. The fourth-order valence-corrected chi connectivity index (χ4v) is 3.21. The summed E-state index contributed by atoms with van der Waals surface area (Å²) < 4.78 is 10.9. The van der Waals surface area contributed by atoms with E-state index in [1.54, 1.807) is 18.4 Å². The highest BCUT2D eigenvalue weighted by Gasteiger charge is 2.16. The molecule has 0 saturated carbocycles.